The van der Waals surface area contributed by atoms with Gasteiger partial charge in [-0.15, -0.1) is 0 Å². The Balaban J connectivity index is 2.15. The minimum atomic E-state index is -0.175. The average molecular weight is 212 g/mol. The molecule has 0 heterocycles. The Hall–Kier alpha value is -2.09. The molecule has 1 aromatic rings. The van der Waals surface area contributed by atoms with Gasteiger partial charge in [-0.3, -0.25) is 4.79 Å². The van der Waals surface area contributed by atoms with Gasteiger partial charge in [0, 0.05) is 11.6 Å². The molecule has 1 N–H and O–H groups in total. The predicted molar refractivity (Wildman–Crippen MR) is 63.3 cm³/mol. The van der Waals surface area contributed by atoms with Crippen LogP contribution in [-0.4, -0.2) is 10.9 Å². The van der Waals surface area contributed by atoms with Crippen molar-refractivity contribution in [3.05, 3.63) is 71.5 Å². The Morgan fingerprint density at radius 2 is 2.00 bits per heavy atom. The summed E-state index contributed by atoms with van der Waals surface area (Å²) in [5, 5.41) is 9.71. The van der Waals surface area contributed by atoms with E-state index in [4.69, 9.17) is 0 Å². The normalized spacial score (nSPS) is 15.0. The fourth-order valence-electron chi connectivity index (χ4n) is 1.54. The topological polar surface area (TPSA) is 37.3 Å². The van der Waals surface area contributed by atoms with Crippen LogP contribution in [0.15, 0.2) is 66.0 Å². The van der Waals surface area contributed by atoms with Crippen molar-refractivity contribution < 1.29 is 9.90 Å². The van der Waals surface area contributed by atoms with Gasteiger partial charge in [-0.1, -0.05) is 48.6 Å². The first-order chi connectivity index (χ1) is 7.77. The second-order valence-corrected chi connectivity index (χ2v) is 3.58. The molecule has 0 aliphatic heterocycles. The quantitative estimate of drug-likeness (QED) is 0.474. The van der Waals surface area contributed by atoms with Crippen molar-refractivity contribution in [2.24, 2.45) is 0 Å². The van der Waals surface area contributed by atoms with Crippen LogP contribution in [0.2, 0.25) is 0 Å². The number of allylic oxidation sites excluding steroid dienone is 5. The van der Waals surface area contributed by atoms with Crippen LogP contribution in [0.1, 0.15) is 16.8 Å². The summed E-state index contributed by atoms with van der Waals surface area (Å²) in [5.74, 6) is -0.121. The van der Waals surface area contributed by atoms with Gasteiger partial charge in [0.05, 0.1) is 0 Å². The van der Waals surface area contributed by atoms with Gasteiger partial charge in [-0.25, -0.2) is 0 Å². The summed E-state index contributed by atoms with van der Waals surface area (Å²) in [6.45, 7) is 0. The zero-order chi connectivity index (χ0) is 11.4. The molecule has 0 unspecified atom stereocenters. The first-order valence-electron chi connectivity index (χ1n) is 5.13. The van der Waals surface area contributed by atoms with Crippen LogP contribution < -0.4 is 0 Å². The van der Waals surface area contributed by atoms with Crippen LogP contribution in [-0.2, 0) is 0 Å². The largest absolute Gasteiger partial charge is 0.508 e. The first kappa shape index (κ1) is 10.4. The fourth-order valence-corrected chi connectivity index (χ4v) is 1.54. The lowest BCUT2D eigenvalue weighted by molar-refractivity contribution is 0.104. The number of benzene rings is 1. The third-order valence-electron chi connectivity index (χ3n) is 2.43. The Morgan fingerprint density at radius 3 is 2.62 bits per heavy atom. The van der Waals surface area contributed by atoms with Crippen LogP contribution >= 0.6 is 0 Å². The molecule has 0 spiro atoms. The van der Waals surface area contributed by atoms with E-state index in [9.17, 15) is 9.90 Å². The maximum atomic E-state index is 11.7. The van der Waals surface area contributed by atoms with Crippen molar-refractivity contribution >= 4 is 5.78 Å². The molecule has 0 aromatic heterocycles. The van der Waals surface area contributed by atoms with Gasteiger partial charge in [-0.05, 0) is 12.0 Å². The standard InChI is InChI=1S/C14H12O2/c15-13(11-6-2-1-3-7-11)10-14(16)12-8-4-5-9-12/h1-8,10,16H,9H2/b14-10-. The number of rotatable bonds is 3. The molecular weight excluding hydrogens is 200 g/mol. The van der Waals surface area contributed by atoms with Gasteiger partial charge < -0.3 is 5.11 Å². The Morgan fingerprint density at radius 1 is 1.25 bits per heavy atom. The molecule has 80 valence electrons. The number of ketones is 1. The van der Waals surface area contributed by atoms with Gasteiger partial charge in [0.2, 0.25) is 0 Å². The molecule has 1 aliphatic rings. The number of carbonyl (C=O) groups excluding carboxylic acids is 1. The van der Waals surface area contributed by atoms with E-state index in [0.29, 0.717) is 12.0 Å². The van der Waals surface area contributed by atoms with E-state index < -0.39 is 0 Å². The average Bonchev–Trinajstić information content (AvgIpc) is 2.83. The van der Waals surface area contributed by atoms with Crippen molar-refractivity contribution in [2.75, 3.05) is 0 Å². The Bertz CT molecular complexity index is 479. The van der Waals surface area contributed by atoms with Crippen LogP contribution in [0.25, 0.3) is 0 Å². The highest BCUT2D eigenvalue weighted by Gasteiger charge is 2.08. The van der Waals surface area contributed by atoms with E-state index >= 15 is 0 Å². The molecule has 2 heteroatoms. The van der Waals surface area contributed by atoms with Crippen LogP contribution in [0.4, 0.5) is 0 Å². The molecule has 0 saturated heterocycles. The number of hydrogen-bond acceptors (Lipinski definition) is 2. The van der Waals surface area contributed by atoms with E-state index in [1.54, 1.807) is 24.3 Å². The Kier molecular flexibility index (Phi) is 3.01. The monoisotopic (exact) mass is 212 g/mol. The van der Waals surface area contributed by atoms with E-state index in [1.807, 2.05) is 24.3 Å². The summed E-state index contributed by atoms with van der Waals surface area (Å²) in [7, 11) is 0. The number of hydrogen-bond donors (Lipinski definition) is 1. The van der Waals surface area contributed by atoms with Gasteiger partial charge in [-0.2, -0.15) is 0 Å². The fraction of sp³-hybridized carbons (Fsp3) is 0.0714. The van der Waals surface area contributed by atoms with Crippen LogP contribution in [0.5, 0.6) is 0 Å². The molecule has 0 amide bonds. The van der Waals surface area contributed by atoms with Crippen molar-refractivity contribution in [3.63, 3.8) is 0 Å². The van der Waals surface area contributed by atoms with E-state index in [0.717, 1.165) is 5.57 Å². The number of aliphatic hydroxyl groups is 1. The minimum absolute atomic E-state index is 0.0545. The SMILES string of the molecule is O=C(/C=C(\O)C1=CC=CC1)c1ccccc1. The van der Waals surface area contributed by atoms with Crippen molar-refractivity contribution in [2.45, 2.75) is 6.42 Å². The lowest BCUT2D eigenvalue weighted by atomic mass is 10.1. The molecule has 0 bridgehead atoms. The molecule has 16 heavy (non-hydrogen) atoms. The minimum Gasteiger partial charge on any atom is -0.508 e. The molecule has 2 nitrogen and oxygen atoms in total. The summed E-state index contributed by atoms with van der Waals surface area (Å²) < 4.78 is 0. The summed E-state index contributed by atoms with van der Waals surface area (Å²) in [6.07, 6.45) is 7.57. The zero-order valence-corrected chi connectivity index (χ0v) is 8.76. The highest BCUT2D eigenvalue weighted by molar-refractivity contribution is 6.05. The highest BCUT2D eigenvalue weighted by atomic mass is 16.3. The predicted octanol–water partition coefficient (Wildman–Crippen LogP) is 3.20. The molecule has 0 fully saturated rings. The first-order valence-corrected chi connectivity index (χ1v) is 5.13. The second kappa shape index (κ2) is 4.62. The van der Waals surface area contributed by atoms with Gasteiger partial charge in [0.1, 0.15) is 5.76 Å². The number of aliphatic hydroxyl groups excluding tert-OH is 1. The van der Waals surface area contributed by atoms with Gasteiger partial charge in [0.25, 0.3) is 0 Å². The summed E-state index contributed by atoms with van der Waals surface area (Å²) in [6, 6.07) is 8.91. The molecule has 2 rings (SSSR count). The van der Waals surface area contributed by atoms with E-state index in [1.165, 1.54) is 6.08 Å². The summed E-state index contributed by atoms with van der Waals surface area (Å²) in [5.41, 5.74) is 1.37. The Labute approximate surface area is 94.2 Å². The molecule has 0 radical (unpaired) electrons. The lowest BCUT2D eigenvalue weighted by Crippen LogP contribution is -1.97. The van der Waals surface area contributed by atoms with Crippen LogP contribution in [0, 0.1) is 0 Å². The summed E-state index contributed by atoms with van der Waals surface area (Å²) in [4.78, 5) is 11.7. The van der Waals surface area contributed by atoms with Crippen LogP contribution in [0.3, 0.4) is 0 Å². The lowest BCUT2D eigenvalue weighted by Gasteiger charge is -2.00. The summed E-state index contributed by atoms with van der Waals surface area (Å²) >= 11 is 0. The molecule has 1 aromatic carbocycles. The molecule has 1 aliphatic carbocycles. The van der Waals surface area contributed by atoms with Crippen molar-refractivity contribution in [3.8, 4) is 0 Å². The number of carbonyl (C=O) groups is 1. The van der Waals surface area contributed by atoms with Gasteiger partial charge in [0.15, 0.2) is 5.78 Å². The smallest absolute Gasteiger partial charge is 0.189 e. The second-order valence-electron chi connectivity index (χ2n) is 3.58. The third kappa shape index (κ3) is 2.28. The maximum Gasteiger partial charge on any atom is 0.189 e. The molecule has 0 saturated carbocycles. The van der Waals surface area contributed by atoms with E-state index in [-0.39, 0.29) is 11.5 Å². The zero-order valence-electron chi connectivity index (χ0n) is 8.76. The van der Waals surface area contributed by atoms with Gasteiger partial charge >= 0.3 is 0 Å². The maximum absolute atomic E-state index is 11.7. The molecular formula is C14H12O2. The van der Waals surface area contributed by atoms with E-state index in [2.05, 4.69) is 0 Å². The third-order valence-corrected chi connectivity index (χ3v) is 2.43. The van der Waals surface area contributed by atoms with Crippen molar-refractivity contribution in [1.82, 2.24) is 0 Å². The highest BCUT2D eigenvalue weighted by Crippen LogP contribution is 2.18. The van der Waals surface area contributed by atoms with Crippen molar-refractivity contribution in [1.29, 1.82) is 0 Å². The molecule has 0 atom stereocenters.